The number of rotatable bonds is 6. The van der Waals surface area contributed by atoms with Crippen molar-refractivity contribution in [1.82, 2.24) is 14.8 Å². The molecule has 1 heterocycles. The molecule has 0 atom stereocenters. The monoisotopic (exact) mass is 335 g/mol. The number of hydrogen-bond acceptors (Lipinski definition) is 5. The van der Waals surface area contributed by atoms with Gasteiger partial charge in [0.15, 0.2) is 11.0 Å². The average molecular weight is 335 g/mol. The van der Waals surface area contributed by atoms with E-state index in [0.29, 0.717) is 11.0 Å². The summed E-state index contributed by atoms with van der Waals surface area (Å²) >= 11 is 1.14. The van der Waals surface area contributed by atoms with Crippen molar-refractivity contribution < 1.29 is 14.6 Å². The van der Waals surface area contributed by atoms with E-state index in [9.17, 15) is 4.79 Å². The molecule has 23 heavy (non-hydrogen) atoms. The fourth-order valence-electron chi connectivity index (χ4n) is 1.92. The standard InChI is InChI=1S/C16H21N3O3S/c1-16(2,3)11-5-7-12(8-6-11)22-9-13-17-18-15(19(13)4)23-10-14(20)21/h5-8H,9-10H2,1-4H3,(H,20,21). The molecular weight excluding hydrogens is 314 g/mol. The summed E-state index contributed by atoms with van der Waals surface area (Å²) < 4.78 is 7.48. The summed E-state index contributed by atoms with van der Waals surface area (Å²) in [6, 6.07) is 7.99. The van der Waals surface area contributed by atoms with Crippen molar-refractivity contribution in [3.05, 3.63) is 35.7 Å². The van der Waals surface area contributed by atoms with Crippen molar-refractivity contribution in [2.24, 2.45) is 7.05 Å². The number of nitrogens with zero attached hydrogens (tertiary/aromatic N) is 3. The lowest BCUT2D eigenvalue weighted by Crippen LogP contribution is -2.10. The van der Waals surface area contributed by atoms with Crippen LogP contribution in [0, 0.1) is 0 Å². The molecule has 0 fully saturated rings. The molecule has 0 aliphatic rings. The number of aliphatic carboxylic acids is 1. The van der Waals surface area contributed by atoms with E-state index in [1.807, 2.05) is 12.1 Å². The first-order valence-corrected chi connectivity index (χ1v) is 8.22. The Labute approximate surface area is 139 Å². The minimum Gasteiger partial charge on any atom is -0.486 e. The maximum absolute atomic E-state index is 10.6. The Morgan fingerprint density at radius 1 is 1.26 bits per heavy atom. The number of carboxylic acids is 1. The number of ether oxygens (including phenoxy) is 1. The Morgan fingerprint density at radius 3 is 2.48 bits per heavy atom. The average Bonchev–Trinajstić information content (AvgIpc) is 2.83. The number of aromatic nitrogens is 3. The van der Waals surface area contributed by atoms with Gasteiger partial charge in [-0.05, 0) is 23.1 Å². The van der Waals surface area contributed by atoms with Gasteiger partial charge in [0.25, 0.3) is 0 Å². The lowest BCUT2D eigenvalue weighted by Gasteiger charge is -2.19. The molecule has 6 nitrogen and oxygen atoms in total. The van der Waals surface area contributed by atoms with Gasteiger partial charge in [-0.3, -0.25) is 4.79 Å². The van der Waals surface area contributed by atoms with Gasteiger partial charge in [-0.1, -0.05) is 44.7 Å². The molecule has 0 unspecified atom stereocenters. The van der Waals surface area contributed by atoms with Gasteiger partial charge in [-0.15, -0.1) is 10.2 Å². The zero-order valence-corrected chi connectivity index (χ0v) is 14.6. The highest BCUT2D eigenvalue weighted by Gasteiger charge is 2.14. The van der Waals surface area contributed by atoms with Gasteiger partial charge >= 0.3 is 5.97 Å². The van der Waals surface area contributed by atoms with E-state index in [4.69, 9.17) is 9.84 Å². The van der Waals surface area contributed by atoms with Crippen LogP contribution in [0.1, 0.15) is 32.2 Å². The quantitative estimate of drug-likeness (QED) is 0.818. The van der Waals surface area contributed by atoms with Crippen LogP contribution in [-0.2, 0) is 23.9 Å². The molecule has 1 aromatic carbocycles. The van der Waals surface area contributed by atoms with Crippen molar-refractivity contribution in [1.29, 1.82) is 0 Å². The van der Waals surface area contributed by atoms with Crippen LogP contribution in [0.5, 0.6) is 5.75 Å². The van der Waals surface area contributed by atoms with Crippen LogP contribution in [0.4, 0.5) is 0 Å². The molecule has 0 amide bonds. The summed E-state index contributed by atoms with van der Waals surface area (Å²) in [6.45, 7) is 6.78. The van der Waals surface area contributed by atoms with Crippen molar-refractivity contribution in [3.8, 4) is 5.75 Å². The minimum absolute atomic E-state index is 0.0406. The van der Waals surface area contributed by atoms with Crippen molar-refractivity contribution >= 4 is 17.7 Å². The van der Waals surface area contributed by atoms with E-state index >= 15 is 0 Å². The van der Waals surface area contributed by atoms with E-state index in [1.165, 1.54) is 5.56 Å². The number of carbonyl (C=O) groups is 1. The molecular formula is C16H21N3O3S. The second kappa shape index (κ2) is 7.04. The Hall–Kier alpha value is -2.02. The second-order valence-corrected chi connectivity index (χ2v) is 7.15. The summed E-state index contributed by atoms with van der Waals surface area (Å²) in [5, 5.41) is 17.3. The largest absolute Gasteiger partial charge is 0.486 e. The van der Waals surface area contributed by atoms with Crippen molar-refractivity contribution in [2.45, 2.75) is 37.9 Å². The molecule has 0 bridgehead atoms. The first-order chi connectivity index (χ1) is 10.8. The van der Waals surface area contributed by atoms with Crippen LogP contribution in [-0.4, -0.2) is 31.6 Å². The molecule has 0 aliphatic carbocycles. The summed E-state index contributed by atoms with van der Waals surface area (Å²) in [7, 11) is 1.80. The predicted octanol–water partition coefficient (Wildman–Crippen LogP) is 2.87. The third kappa shape index (κ3) is 4.72. The number of benzene rings is 1. The third-order valence-corrected chi connectivity index (χ3v) is 4.34. The predicted molar refractivity (Wildman–Crippen MR) is 88.8 cm³/mol. The van der Waals surface area contributed by atoms with Crippen LogP contribution in [0.2, 0.25) is 0 Å². The Bertz CT molecular complexity index is 675. The van der Waals surface area contributed by atoms with Gasteiger partial charge in [0.2, 0.25) is 0 Å². The second-order valence-electron chi connectivity index (χ2n) is 6.20. The smallest absolute Gasteiger partial charge is 0.313 e. The Kier molecular flexibility index (Phi) is 5.30. The van der Waals surface area contributed by atoms with Gasteiger partial charge in [-0.2, -0.15) is 0 Å². The van der Waals surface area contributed by atoms with Gasteiger partial charge in [0.1, 0.15) is 12.4 Å². The molecule has 0 aliphatic heterocycles. The summed E-state index contributed by atoms with van der Waals surface area (Å²) in [4.78, 5) is 10.6. The van der Waals surface area contributed by atoms with E-state index in [2.05, 4.69) is 43.1 Å². The SMILES string of the molecule is Cn1c(COc2ccc(C(C)(C)C)cc2)nnc1SCC(=O)O. The van der Waals surface area contributed by atoms with E-state index < -0.39 is 5.97 Å². The maximum atomic E-state index is 10.6. The fraction of sp³-hybridized carbons (Fsp3) is 0.438. The van der Waals surface area contributed by atoms with Crippen LogP contribution < -0.4 is 4.74 Å². The van der Waals surface area contributed by atoms with Gasteiger partial charge in [0, 0.05) is 7.05 Å². The van der Waals surface area contributed by atoms with Crippen LogP contribution in [0.25, 0.3) is 0 Å². The number of thioether (sulfide) groups is 1. The summed E-state index contributed by atoms with van der Waals surface area (Å²) in [5.74, 6) is 0.495. The highest BCUT2D eigenvalue weighted by molar-refractivity contribution is 7.99. The van der Waals surface area contributed by atoms with Crippen molar-refractivity contribution in [3.63, 3.8) is 0 Å². The molecule has 0 saturated heterocycles. The highest BCUT2D eigenvalue weighted by Crippen LogP contribution is 2.24. The molecule has 2 aromatic rings. The first-order valence-electron chi connectivity index (χ1n) is 7.23. The summed E-state index contributed by atoms with van der Waals surface area (Å²) in [6.07, 6.45) is 0. The zero-order chi connectivity index (χ0) is 17.0. The molecule has 1 aromatic heterocycles. The zero-order valence-electron chi connectivity index (χ0n) is 13.7. The minimum atomic E-state index is -0.880. The third-order valence-electron chi connectivity index (χ3n) is 3.34. The van der Waals surface area contributed by atoms with E-state index in [0.717, 1.165) is 17.5 Å². The lowest BCUT2D eigenvalue weighted by atomic mass is 9.87. The molecule has 0 saturated carbocycles. The number of hydrogen-bond donors (Lipinski definition) is 1. The Morgan fingerprint density at radius 2 is 1.91 bits per heavy atom. The normalized spacial score (nSPS) is 11.5. The van der Waals surface area contributed by atoms with Crippen molar-refractivity contribution in [2.75, 3.05) is 5.75 Å². The molecule has 7 heteroatoms. The highest BCUT2D eigenvalue weighted by atomic mass is 32.2. The van der Waals surface area contributed by atoms with Gasteiger partial charge in [-0.25, -0.2) is 0 Å². The summed E-state index contributed by atoms with van der Waals surface area (Å²) in [5.41, 5.74) is 1.36. The van der Waals surface area contributed by atoms with Crippen LogP contribution in [0.3, 0.4) is 0 Å². The molecule has 2 rings (SSSR count). The van der Waals surface area contributed by atoms with Crippen LogP contribution in [0.15, 0.2) is 29.4 Å². The molecule has 0 radical (unpaired) electrons. The van der Waals surface area contributed by atoms with Gasteiger partial charge < -0.3 is 14.4 Å². The topological polar surface area (TPSA) is 77.2 Å². The number of carboxylic acid groups (broad SMARTS) is 1. The van der Waals surface area contributed by atoms with Crippen LogP contribution >= 0.6 is 11.8 Å². The van der Waals surface area contributed by atoms with E-state index in [-0.39, 0.29) is 17.8 Å². The van der Waals surface area contributed by atoms with E-state index in [1.54, 1.807) is 11.6 Å². The molecule has 0 spiro atoms. The first kappa shape index (κ1) is 17.3. The molecule has 1 N–H and O–H groups in total. The Balaban J connectivity index is 1.97. The lowest BCUT2D eigenvalue weighted by molar-refractivity contribution is -0.133. The maximum Gasteiger partial charge on any atom is 0.313 e. The fourth-order valence-corrected chi connectivity index (χ4v) is 2.57. The molecule has 124 valence electrons. The van der Waals surface area contributed by atoms with Gasteiger partial charge in [0.05, 0.1) is 5.75 Å².